The Labute approximate surface area is 167 Å². The molecule has 0 aliphatic heterocycles. The molecular formula is C21H32N4OS. The van der Waals surface area contributed by atoms with E-state index in [1.54, 1.807) is 0 Å². The van der Waals surface area contributed by atoms with Crippen LogP contribution in [0.2, 0.25) is 0 Å². The number of benzene rings is 1. The van der Waals surface area contributed by atoms with E-state index in [9.17, 15) is 4.79 Å². The molecule has 1 aromatic carbocycles. The molecule has 0 aliphatic carbocycles. The summed E-state index contributed by atoms with van der Waals surface area (Å²) in [5.41, 5.74) is 2.26. The Morgan fingerprint density at radius 3 is 2.63 bits per heavy atom. The second-order valence-corrected chi connectivity index (χ2v) is 8.04. The Morgan fingerprint density at radius 1 is 1.22 bits per heavy atom. The molecule has 0 saturated heterocycles. The molecule has 0 fully saturated rings. The molecule has 0 saturated carbocycles. The lowest BCUT2D eigenvalue weighted by Crippen LogP contribution is -2.38. The lowest BCUT2D eigenvalue weighted by molar-refractivity contribution is -0.130. The van der Waals surface area contributed by atoms with Crippen molar-refractivity contribution in [3.63, 3.8) is 0 Å². The molecule has 1 aromatic heterocycles. The van der Waals surface area contributed by atoms with Crippen molar-refractivity contribution in [1.29, 1.82) is 0 Å². The van der Waals surface area contributed by atoms with Gasteiger partial charge in [-0.05, 0) is 40.2 Å². The Bertz CT molecular complexity index is 742. The van der Waals surface area contributed by atoms with Gasteiger partial charge in [0.05, 0.1) is 5.75 Å². The second-order valence-electron chi connectivity index (χ2n) is 7.10. The number of unbranched alkanes of at least 4 members (excludes halogenated alkanes) is 2. The Morgan fingerprint density at radius 2 is 2.00 bits per heavy atom. The lowest BCUT2D eigenvalue weighted by atomic mass is 10.1. The van der Waals surface area contributed by atoms with Gasteiger partial charge in [0.2, 0.25) is 5.91 Å². The number of aromatic nitrogens is 3. The highest BCUT2D eigenvalue weighted by atomic mass is 32.2. The molecule has 1 heterocycles. The third-order valence-electron chi connectivity index (χ3n) is 4.58. The van der Waals surface area contributed by atoms with Gasteiger partial charge in [0.15, 0.2) is 11.0 Å². The van der Waals surface area contributed by atoms with Gasteiger partial charge in [-0.3, -0.25) is 4.79 Å². The number of carbonyl (C=O) groups excluding carboxylic acids is 1. The van der Waals surface area contributed by atoms with Crippen LogP contribution >= 0.6 is 11.8 Å². The van der Waals surface area contributed by atoms with Crippen molar-refractivity contribution in [2.24, 2.45) is 0 Å². The molecule has 1 amide bonds. The SMILES string of the molecule is CCCCCN(C(=O)CSc1nnc(-c2cccc(C)c2)n1CC)C(C)C. The summed E-state index contributed by atoms with van der Waals surface area (Å²) in [4.78, 5) is 14.7. The van der Waals surface area contributed by atoms with Crippen LogP contribution in [0.25, 0.3) is 11.4 Å². The van der Waals surface area contributed by atoms with Gasteiger partial charge >= 0.3 is 0 Å². The van der Waals surface area contributed by atoms with E-state index in [0.717, 1.165) is 48.9 Å². The fourth-order valence-electron chi connectivity index (χ4n) is 3.09. The van der Waals surface area contributed by atoms with Gasteiger partial charge in [0.25, 0.3) is 0 Å². The van der Waals surface area contributed by atoms with Crippen LogP contribution in [0.4, 0.5) is 0 Å². The smallest absolute Gasteiger partial charge is 0.233 e. The van der Waals surface area contributed by atoms with Crippen LogP contribution < -0.4 is 0 Å². The summed E-state index contributed by atoms with van der Waals surface area (Å²) in [5, 5.41) is 9.54. The highest BCUT2D eigenvalue weighted by Crippen LogP contribution is 2.25. The van der Waals surface area contributed by atoms with Crippen molar-refractivity contribution >= 4 is 17.7 Å². The van der Waals surface area contributed by atoms with Crippen LogP contribution in [-0.4, -0.2) is 43.9 Å². The van der Waals surface area contributed by atoms with Gasteiger partial charge < -0.3 is 9.47 Å². The Kier molecular flexibility index (Phi) is 8.35. The Hall–Kier alpha value is -1.82. The molecular weight excluding hydrogens is 356 g/mol. The summed E-state index contributed by atoms with van der Waals surface area (Å²) >= 11 is 1.48. The number of thioether (sulfide) groups is 1. The average molecular weight is 389 g/mol. The number of amides is 1. The van der Waals surface area contributed by atoms with E-state index in [4.69, 9.17) is 0 Å². The van der Waals surface area contributed by atoms with E-state index in [1.807, 2.05) is 11.0 Å². The maximum atomic E-state index is 12.7. The maximum absolute atomic E-state index is 12.7. The van der Waals surface area contributed by atoms with E-state index in [0.29, 0.717) is 5.75 Å². The van der Waals surface area contributed by atoms with Gasteiger partial charge in [0, 0.05) is 24.7 Å². The van der Waals surface area contributed by atoms with Crippen LogP contribution in [0.5, 0.6) is 0 Å². The lowest BCUT2D eigenvalue weighted by Gasteiger charge is -2.26. The fraction of sp³-hybridized carbons (Fsp3) is 0.571. The van der Waals surface area contributed by atoms with Gasteiger partial charge in [-0.2, -0.15) is 0 Å². The quantitative estimate of drug-likeness (QED) is 0.434. The predicted molar refractivity (Wildman–Crippen MR) is 113 cm³/mol. The number of nitrogens with zero attached hydrogens (tertiary/aromatic N) is 4. The van der Waals surface area contributed by atoms with Gasteiger partial charge in [-0.15, -0.1) is 10.2 Å². The van der Waals surface area contributed by atoms with Crippen molar-refractivity contribution in [2.45, 2.75) is 71.6 Å². The predicted octanol–water partition coefficient (Wildman–Crippen LogP) is 4.79. The molecule has 0 aliphatic rings. The highest BCUT2D eigenvalue weighted by Gasteiger charge is 2.19. The highest BCUT2D eigenvalue weighted by molar-refractivity contribution is 7.99. The number of hydrogen-bond acceptors (Lipinski definition) is 4. The van der Waals surface area contributed by atoms with E-state index in [-0.39, 0.29) is 11.9 Å². The number of rotatable bonds is 10. The Balaban J connectivity index is 2.08. The normalized spacial score (nSPS) is 11.2. The number of carbonyl (C=O) groups is 1. The summed E-state index contributed by atoms with van der Waals surface area (Å²) in [5.74, 6) is 1.43. The van der Waals surface area contributed by atoms with Crippen LogP contribution in [0.15, 0.2) is 29.4 Å². The van der Waals surface area contributed by atoms with Crippen molar-refractivity contribution in [3.05, 3.63) is 29.8 Å². The standard InChI is InChI=1S/C21H32N4OS/c1-6-8-9-13-25(16(3)4)19(26)15-27-21-23-22-20(24(21)7-2)18-12-10-11-17(5)14-18/h10-12,14,16H,6-9,13,15H2,1-5H3. The van der Waals surface area contributed by atoms with Gasteiger partial charge in [-0.25, -0.2) is 0 Å². The maximum Gasteiger partial charge on any atom is 0.233 e. The van der Waals surface area contributed by atoms with Crippen LogP contribution in [0.3, 0.4) is 0 Å². The average Bonchev–Trinajstić information content (AvgIpc) is 3.06. The first-order valence-electron chi connectivity index (χ1n) is 9.90. The van der Waals surface area contributed by atoms with E-state index in [2.05, 4.69) is 67.6 Å². The van der Waals surface area contributed by atoms with Gasteiger partial charge in [0.1, 0.15) is 0 Å². The zero-order chi connectivity index (χ0) is 19.8. The minimum Gasteiger partial charge on any atom is -0.340 e. The number of aryl methyl sites for hydroxylation is 1. The molecule has 148 valence electrons. The first kappa shape index (κ1) is 21.5. The molecule has 2 aromatic rings. The summed E-state index contributed by atoms with van der Waals surface area (Å²) in [7, 11) is 0. The van der Waals surface area contributed by atoms with E-state index < -0.39 is 0 Å². The topological polar surface area (TPSA) is 51.0 Å². The molecule has 0 bridgehead atoms. The molecule has 6 heteroatoms. The molecule has 27 heavy (non-hydrogen) atoms. The molecule has 0 atom stereocenters. The molecule has 0 spiro atoms. The zero-order valence-electron chi connectivity index (χ0n) is 17.2. The summed E-state index contributed by atoms with van der Waals surface area (Å²) < 4.78 is 2.09. The second kappa shape index (κ2) is 10.5. The van der Waals surface area contributed by atoms with Crippen LogP contribution in [-0.2, 0) is 11.3 Å². The third kappa shape index (κ3) is 5.83. The monoisotopic (exact) mass is 388 g/mol. The van der Waals surface area contributed by atoms with Crippen molar-refractivity contribution in [2.75, 3.05) is 12.3 Å². The summed E-state index contributed by atoms with van der Waals surface area (Å²) in [6.07, 6.45) is 3.39. The first-order valence-corrected chi connectivity index (χ1v) is 10.9. The minimum atomic E-state index is 0.175. The fourth-order valence-corrected chi connectivity index (χ4v) is 3.98. The largest absolute Gasteiger partial charge is 0.340 e. The molecule has 2 rings (SSSR count). The minimum absolute atomic E-state index is 0.175. The molecule has 5 nitrogen and oxygen atoms in total. The molecule has 0 unspecified atom stereocenters. The van der Waals surface area contributed by atoms with Crippen molar-refractivity contribution < 1.29 is 4.79 Å². The van der Waals surface area contributed by atoms with E-state index >= 15 is 0 Å². The zero-order valence-corrected chi connectivity index (χ0v) is 18.1. The van der Waals surface area contributed by atoms with Crippen LogP contribution in [0.1, 0.15) is 52.5 Å². The van der Waals surface area contributed by atoms with Gasteiger partial charge in [-0.1, -0.05) is 55.3 Å². The van der Waals surface area contributed by atoms with Crippen molar-refractivity contribution in [3.8, 4) is 11.4 Å². The molecule has 0 N–H and O–H groups in total. The van der Waals surface area contributed by atoms with Crippen molar-refractivity contribution in [1.82, 2.24) is 19.7 Å². The third-order valence-corrected chi connectivity index (χ3v) is 5.53. The van der Waals surface area contributed by atoms with E-state index in [1.165, 1.54) is 17.3 Å². The number of hydrogen-bond donors (Lipinski definition) is 0. The van der Waals surface area contributed by atoms with Crippen LogP contribution in [0, 0.1) is 6.92 Å². The summed E-state index contributed by atoms with van der Waals surface area (Å²) in [6.45, 7) is 12.1. The first-order chi connectivity index (χ1) is 13.0. The summed E-state index contributed by atoms with van der Waals surface area (Å²) in [6, 6.07) is 8.50. The molecule has 0 radical (unpaired) electrons.